The van der Waals surface area contributed by atoms with E-state index in [-0.39, 0.29) is 38.0 Å². The third-order valence-corrected chi connectivity index (χ3v) is 10.8. The fourth-order valence-electron chi connectivity index (χ4n) is 6.70. The molecule has 0 fully saturated rings. The Morgan fingerprint density at radius 2 is 0.580 bits per heavy atom. The number of rotatable bonds is 47. The van der Waals surface area contributed by atoms with Crippen molar-refractivity contribution in [2.45, 2.75) is 219 Å². The highest BCUT2D eigenvalue weighted by atomic mass is 16.6. The highest BCUT2D eigenvalue weighted by Crippen LogP contribution is 2.10. The van der Waals surface area contributed by atoms with Crippen LogP contribution in [0.25, 0.3) is 0 Å². The van der Waals surface area contributed by atoms with Gasteiger partial charge < -0.3 is 14.2 Å². The van der Waals surface area contributed by atoms with Crippen LogP contribution in [0.15, 0.2) is 146 Å². The van der Waals surface area contributed by atoms with E-state index in [9.17, 15) is 14.4 Å². The van der Waals surface area contributed by atoms with Crippen molar-refractivity contribution < 1.29 is 28.6 Å². The summed E-state index contributed by atoms with van der Waals surface area (Å²) in [6.45, 7) is 6.34. The summed E-state index contributed by atoms with van der Waals surface area (Å²) >= 11 is 0. The maximum atomic E-state index is 12.8. The van der Waals surface area contributed by atoms with Gasteiger partial charge in [0.05, 0.1) is 0 Å². The molecule has 6 nitrogen and oxygen atoms in total. The van der Waals surface area contributed by atoms with Gasteiger partial charge in [-0.25, -0.2) is 0 Å². The Hall–Kier alpha value is -4.71. The van der Waals surface area contributed by atoms with Gasteiger partial charge in [0.15, 0.2) is 6.10 Å². The number of carbonyl (C=O) groups is 3. The number of unbranched alkanes of at least 4 members (excludes halogenated alkanes) is 12. The average Bonchev–Trinajstić information content (AvgIpc) is 3.35. The second kappa shape index (κ2) is 55.9. The third-order valence-electron chi connectivity index (χ3n) is 10.8. The predicted octanol–water partition coefficient (Wildman–Crippen LogP) is 18.4. The average molecular weight is 951 g/mol. The summed E-state index contributed by atoms with van der Waals surface area (Å²) in [6, 6.07) is 0. The van der Waals surface area contributed by atoms with Crippen LogP contribution in [-0.4, -0.2) is 37.2 Å². The van der Waals surface area contributed by atoms with Crippen LogP contribution in [0.2, 0.25) is 0 Å². The van der Waals surface area contributed by atoms with E-state index in [1.54, 1.807) is 0 Å². The topological polar surface area (TPSA) is 78.9 Å². The van der Waals surface area contributed by atoms with Crippen LogP contribution in [-0.2, 0) is 28.6 Å². The Labute approximate surface area is 423 Å². The van der Waals surface area contributed by atoms with Crippen molar-refractivity contribution in [1.29, 1.82) is 0 Å². The van der Waals surface area contributed by atoms with E-state index < -0.39 is 12.1 Å². The summed E-state index contributed by atoms with van der Waals surface area (Å²) in [5, 5.41) is 0. The molecular weight excluding hydrogens is 853 g/mol. The van der Waals surface area contributed by atoms with Gasteiger partial charge in [0.25, 0.3) is 0 Å². The Bertz CT molecular complexity index is 1560. The molecule has 0 aliphatic carbocycles. The lowest BCUT2D eigenvalue weighted by molar-refractivity contribution is -0.167. The highest BCUT2D eigenvalue weighted by molar-refractivity contribution is 5.71. The van der Waals surface area contributed by atoms with Gasteiger partial charge in [-0.05, 0) is 141 Å². The molecule has 0 spiro atoms. The molecule has 6 heteroatoms. The molecule has 0 aromatic carbocycles. The van der Waals surface area contributed by atoms with E-state index in [1.165, 1.54) is 51.4 Å². The molecule has 0 saturated heterocycles. The number of carbonyl (C=O) groups excluding carboxylic acids is 3. The standard InChI is InChI=1S/C63H98O6/c1-4-7-10-13-16-19-22-25-28-30-31-33-35-38-41-44-47-50-53-56-62(65)68-59-60(58-67-61(64)55-52-49-46-43-40-37-34-27-24-21-18-15-12-9-6-3)69-63(66)57-54-51-48-45-42-39-36-32-29-26-23-20-17-14-11-8-5-2/h9,12,16-21,25-29,31,33-34,36,38-41,43,45,48,60H,4-8,10-11,13-15,22-24,30,32,35,37,42,44,46-47,49-59H2,1-3H3/b12-9-,19-16-,20-17-,21-18-,28-25-,29-26-,33-31-,34-27-,39-36-,41-38-,43-40-,48-45-/t60-/m1/s1. The Kier molecular flexibility index (Phi) is 52.1. The molecule has 386 valence electrons. The molecule has 0 aliphatic rings. The number of hydrogen-bond donors (Lipinski definition) is 0. The maximum Gasteiger partial charge on any atom is 0.306 e. The molecule has 0 N–H and O–H groups in total. The fourth-order valence-corrected chi connectivity index (χ4v) is 6.70. The molecule has 1 atom stereocenters. The zero-order chi connectivity index (χ0) is 50.0. The molecule has 0 aromatic heterocycles. The monoisotopic (exact) mass is 951 g/mol. The van der Waals surface area contributed by atoms with Gasteiger partial charge in [-0.3, -0.25) is 14.4 Å². The van der Waals surface area contributed by atoms with Crippen molar-refractivity contribution in [2.24, 2.45) is 0 Å². The Morgan fingerprint density at radius 1 is 0.304 bits per heavy atom. The predicted molar refractivity (Wildman–Crippen MR) is 297 cm³/mol. The summed E-state index contributed by atoms with van der Waals surface area (Å²) in [4.78, 5) is 38.1. The van der Waals surface area contributed by atoms with Crippen molar-refractivity contribution in [2.75, 3.05) is 13.2 Å². The number of ether oxygens (including phenoxy) is 3. The second-order valence-electron chi connectivity index (χ2n) is 17.4. The van der Waals surface area contributed by atoms with Gasteiger partial charge in [0, 0.05) is 19.3 Å². The van der Waals surface area contributed by atoms with E-state index >= 15 is 0 Å². The van der Waals surface area contributed by atoms with Gasteiger partial charge in [-0.2, -0.15) is 0 Å². The molecular formula is C63H98O6. The molecule has 0 unspecified atom stereocenters. The summed E-state index contributed by atoms with van der Waals surface area (Å²) in [6.07, 6.45) is 79.8. The smallest absolute Gasteiger partial charge is 0.306 e. The van der Waals surface area contributed by atoms with E-state index in [0.717, 1.165) is 109 Å². The van der Waals surface area contributed by atoms with Crippen LogP contribution in [0.5, 0.6) is 0 Å². The molecule has 0 radical (unpaired) electrons. The third kappa shape index (κ3) is 54.1. The first-order valence-corrected chi connectivity index (χ1v) is 27.3. The lowest BCUT2D eigenvalue weighted by Gasteiger charge is -2.18. The first kappa shape index (κ1) is 64.3. The van der Waals surface area contributed by atoms with Gasteiger partial charge in [-0.15, -0.1) is 0 Å². The van der Waals surface area contributed by atoms with Crippen LogP contribution in [0, 0.1) is 0 Å². The summed E-state index contributed by atoms with van der Waals surface area (Å²) in [5.41, 5.74) is 0. The number of allylic oxidation sites excluding steroid dienone is 24. The van der Waals surface area contributed by atoms with Crippen molar-refractivity contribution in [3.63, 3.8) is 0 Å². The highest BCUT2D eigenvalue weighted by Gasteiger charge is 2.19. The number of esters is 3. The molecule has 0 amide bonds. The molecule has 0 saturated carbocycles. The molecule has 0 aliphatic heterocycles. The summed E-state index contributed by atoms with van der Waals surface area (Å²) in [7, 11) is 0. The number of hydrogen-bond acceptors (Lipinski definition) is 6. The van der Waals surface area contributed by atoms with Gasteiger partial charge in [-0.1, -0.05) is 199 Å². The minimum atomic E-state index is -0.844. The summed E-state index contributed by atoms with van der Waals surface area (Å²) < 4.78 is 16.7. The zero-order valence-corrected chi connectivity index (χ0v) is 44.0. The minimum absolute atomic E-state index is 0.136. The molecule has 0 rings (SSSR count). The van der Waals surface area contributed by atoms with Crippen molar-refractivity contribution in [3.8, 4) is 0 Å². The molecule has 0 bridgehead atoms. The van der Waals surface area contributed by atoms with E-state index in [1.807, 2.05) is 0 Å². The molecule has 69 heavy (non-hydrogen) atoms. The first-order chi connectivity index (χ1) is 34.0. The van der Waals surface area contributed by atoms with E-state index in [2.05, 4.69) is 167 Å². The maximum absolute atomic E-state index is 12.8. The lowest BCUT2D eigenvalue weighted by Crippen LogP contribution is -2.30. The lowest BCUT2D eigenvalue weighted by atomic mass is 10.1. The first-order valence-electron chi connectivity index (χ1n) is 27.3. The van der Waals surface area contributed by atoms with Crippen molar-refractivity contribution in [1.82, 2.24) is 0 Å². The SMILES string of the molecule is CC/C=C\C/C=C\C/C=C\C/C=C\CCCCC(=O)OC[C@H](COC(=O)CCCCC/C=C\C/C=C\C/C=C\C/C=C\CCCCC)OC(=O)CCC/C=C\C/C=C\C/C=C\C/C=C\CCCCC. The van der Waals surface area contributed by atoms with E-state index in [4.69, 9.17) is 14.2 Å². The fraction of sp³-hybridized carbons (Fsp3) is 0.571. The van der Waals surface area contributed by atoms with Crippen LogP contribution in [0.3, 0.4) is 0 Å². The largest absolute Gasteiger partial charge is 0.462 e. The van der Waals surface area contributed by atoms with Crippen LogP contribution in [0.4, 0.5) is 0 Å². The van der Waals surface area contributed by atoms with E-state index in [0.29, 0.717) is 19.3 Å². The van der Waals surface area contributed by atoms with Crippen LogP contribution in [0.1, 0.15) is 213 Å². The second-order valence-corrected chi connectivity index (χ2v) is 17.4. The quantitative estimate of drug-likeness (QED) is 0.0262. The van der Waals surface area contributed by atoms with Gasteiger partial charge >= 0.3 is 17.9 Å². The van der Waals surface area contributed by atoms with Crippen LogP contribution >= 0.6 is 0 Å². The normalized spacial score (nSPS) is 13.3. The zero-order valence-electron chi connectivity index (χ0n) is 44.0. The van der Waals surface area contributed by atoms with Crippen molar-refractivity contribution in [3.05, 3.63) is 146 Å². The Balaban J connectivity index is 4.63. The minimum Gasteiger partial charge on any atom is -0.462 e. The molecule has 0 aromatic rings. The van der Waals surface area contributed by atoms with Crippen LogP contribution < -0.4 is 0 Å². The van der Waals surface area contributed by atoms with Crippen molar-refractivity contribution >= 4 is 17.9 Å². The Morgan fingerprint density at radius 3 is 0.928 bits per heavy atom. The molecule has 0 heterocycles. The van der Waals surface area contributed by atoms with Gasteiger partial charge in [0.2, 0.25) is 0 Å². The van der Waals surface area contributed by atoms with Gasteiger partial charge in [0.1, 0.15) is 13.2 Å². The summed E-state index contributed by atoms with van der Waals surface area (Å²) in [5.74, 6) is -1.07.